The highest BCUT2D eigenvalue weighted by Gasteiger charge is 2.71. The Morgan fingerprint density at radius 3 is 2.13 bits per heavy atom. The van der Waals surface area contributed by atoms with E-state index >= 15 is 0 Å². The summed E-state index contributed by atoms with van der Waals surface area (Å²) in [6.45, 7) is 25.1. The molecule has 7 saturated carbocycles. The molecule has 0 saturated heterocycles. The lowest BCUT2D eigenvalue weighted by Gasteiger charge is -2.73. The summed E-state index contributed by atoms with van der Waals surface area (Å²) in [5, 5.41) is 13.3. The molecule has 0 aromatic heterocycles. The summed E-state index contributed by atoms with van der Waals surface area (Å²) in [6, 6.07) is 0.368. The summed E-state index contributed by atoms with van der Waals surface area (Å²) in [7, 11) is 0. The zero-order valence-electron chi connectivity index (χ0n) is 34.4. The number of allylic oxidation sites excluding steroid dienone is 1. The van der Waals surface area contributed by atoms with Crippen molar-refractivity contribution in [2.45, 2.75) is 177 Å². The van der Waals surface area contributed by atoms with Crippen molar-refractivity contribution in [3.63, 3.8) is 0 Å². The molecule has 7 aliphatic rings. The van der Waals surface area contributed by atoms with E-state index in [0.29, 0.717) is 48.0 Å². The van der Waals surface area contributed by atoms with Crippen LogP contribution in [0.2, 0.25) is 0 Å². The van der Waals surface area contributed by atoms with Crippen LogP contribution in [-0.2, 0) is 19.1 Å². The van der Waals surface area contributed by atoms with Gasteiger partial charge in [0.2, 0.25) is 5.91 Å². The van der Waals surface area contributed by atoms with Gasteiger partial charge in [-0.15, -0.1) is 0 Å². The minimum Gasteiger partial charge on any atom is -0.481 e. The first-order valence-electron chi connectivity index (χ1n) is 21.6. The third-order valence-corrected chi connectivity index (χ3v) is 19.1. The Morgan fingerprint density at radius 2 is 1.50 bits per heavy atom. The molecule has 0 aromatic rings. The Hall–Kier alpha value is -1.85. The number of carboxylic acids is 1. The molecular formula is C46H73NO5. The van der Waals surface area contributed by atoms with Gasteiger partial charge in [-0.05, 0) is 180 Å². The Balaban J connectivity index is 1.10. The summed E-state index contributed by atoms with van der Waals surface area (Å²) in [5.74, 6) is 4.08. The van der Waals surface area contributed by atoms with Gasteiger partial charge in [-0.25, -0.2) is 0 Å². The lowest BCUT2D eigenvalue weighted by molar-refractivity contribution is -0.250. The minimum absolute atomic E-state index is 0.0856. The number of aliphatic carboxylic acids is 1. The van der Waals surface area contributed by atoms with E-state index in [-0.39, 0.29) is 45.6 Å². The van der Waals surface area contributed by atoms with Crippen molar-refractivity contribution in [1.29, 1.82) is 0 Å². The van der Waals surface area contributed by atoms with Gasteiger partial charge in [0, 0.05) is 17.9 Å². The molecule has 7 aliphatic carbocycles. The van der Waals surface area contributed by atoms with Gasteiger partial charge in [-0.3, -0.25) is 14.4 Å². The number of esters is 1. The summed E-state index contributed by atoms with van der Waals surface area (Å²) < 4.78 is 6.20. The summed E-state index contributed by atoms with van der Waals surface area (Å²) >= 11 is 0. The smallest absolute Gasteiger partial charge is 0.309 e. The Labute approximate surface area is 315 Å². The van der Waals surface area contributed by atoms with E-state index in [4.69, 9.17) is 4.74 Å². The van der Waals surface area contributed by atoms with Crippen LogP contribution in [-0.4, -0.2) is 35.1 Å². The second kappa shape index (κ2) is 12.9. The van der Waals surface area contributed by atoms with Crippen LogP contribution in [0.1, 0.15) is 165 Å². The number of nitrogens with one attached hydrogen (secondary N) is 1. The molecule has 52 heavy (non-hydrogen) atoms. The molecule has 6 nitrogen and oxygen atoms in total. The van der Waals surface area contributed by atoms with Gasteiger partial charge in [0.15, 0.2) is 0 Å². The van der Waals surface area contributed by atoms with Crippen molar-refractivity contribution in [3.8, 4) is 0 Å². The Kier molecular flexibility index (Phi) is 9.50. The topological polar surface area (TPSA) is 92.7 Å². The van der Waals surface area contributed by atoms with Crippen LogP contribution in [0.5, 0.6) is 0 Å². The number of fused-ring (bicyclic) bond motifs is 9. The Bertz CT molecular complexity index is 1450. The fourth-order valence-corrected chi connectivity index (χ4v) is 16.0. The second-order valence-corrected chi connectivity index (χ2v) is 22.1. The SMILES string of the molecule is C=C(C)[C@@H]1CC[C@]2(CC(=O)NC3CC4CCC(C3)C4C)CC[C@]3(C)[C@H](CC[C@@H]4[C@@]5(C)CC[C@H](OC(=O)CC(C)(C)C(=O)O)C(C)(C)[C@@H]5CC[C@]43C)[C@@H]12. The molecule has 6 heteroatoms. The number of carbonyl (C=O) groups excluding carboxylic acids is 2. The summed E-state index contributed by atoms with van der Waals surface area (Å²) in [5.41, 5.74) is 0.672. The molecule has 0 aliphatic heterocycles. The predicted octanol–water partition coefficient (Wildman–Crippen LogP) is 10.4. The number of ether oxygens (including phenoxy) is 1. The first kappa shape index (κ1) is 38.4. The standard InChI is InChI=1S/C46H73NO5/c1-27(2)32-15-20-46(25-37(48)47-31-23-29-11-12-30(24-31)28(29)3)22-21-44(9)33(39(32)46)13-14-35-43(8)18-17-36(52-38(49)26-41(4,5)40(50)51)42(6,7)34(43)16-19-45(35,44)10/h28-36,39H,1,11-26H2,2-10H3,(H,47,48)(H,50,51)/t28?,29?,30?,31?,32-,33+,34-,35+,36-,39+,43-,44+,45+,46+/m0/s1. The van der Waals surface area contributed by atoms with E-state index in [9.17, 15) is 19.5 Å². The van der Waals surface area contributed by atoms with Crippen LogP contribution in [0.3, 0.4) is 0 Å². The maximum atomic E-state index is 14.1. The van der Waals surface area contributed by atoms with E-state index < -0.39 is 11.4 Å². The molecule has 12 atom stereocenters. The second-order valence-electron chi connectivity index (χ2n) is 22.1. The number of carbonyl (C=O) groups is 3. The van der Waals surface area contributed by atoms with Gasteiger partial charge in [0.1, 0.15) is 6.10 Å². The van der Waals surface area contributed by atoms with Crippen LogP contribution in [0, 0.1) is 79.8 Å². The number of rotatable bonds is 8. The van der Waals surface area contributed by atoms with Crippen molar-refractivity contribution >= 4 is 17.8 Å². The van der Waals surface area contributed by atoms with Crippen LogP contribution in [0.25, 0.3) is 0 Å². The van der Waals surface area contributed by atoms with E-state index in [0.717, 1.165) is 43.4 Å². The first-order chi connectivity index (χ1) is 24.2. The zero-order chi connectivity index (χ0) is 37.8. The third-order valence-electron chi connectivity index (χ3n) is 19.1. The average Bonchev–Trinajstić information content (AvgIpc) is 3.50. The highest BCUT2D eigenvalue weighted by Crippen LogP contribution is 2.78. The number of hydrogen-bond acceptors (Lipinski definition) is 4. The molecule has 0 spiro atoms. The molecule has 0 radical (unpaired) electrons. The molecule has 1 amide bonds. The number of amides is 1. The molecular weight excluding hydrogens is 647 g/mol. The van der Waals surface area contributed by atoms with Gasteiger partial charge in [-0.2, -0.15) is 0 Å². The maximum absolute atomic E-state index is 14.1. The van der Waals surface area contributed by atoms with E-state index in [1.807, 2.05) is 0 Å². The highest BCUT2D eigenvalue weighted by molar-refractivity contribution is 5.81. The molecule has 0 heterocycles. The third kappa shape index (κ3) is 5.77. The van der Waals surface area contributed by atoms with Crippen molar-refractivity contribution in [2.24, 2.45) is 79.8 Å². The van der Waals surface area contributed by atoms with Gasteiger partial charge < -0.3 is 15.2 Å². The summed E-state index contributed by atoms with van der Waals surface area (Å²) in [4.78, 5) is 39.0. The van der Waals surface area contributed by atoms with Gasteiger partial charge in [-0.1, -0.05) is 53.7 Å². The largest absolute Gasteiger partial charge is 0.481 e. The lowest BCUT2D eigenvalue weighted by atomic mass is 9.32. The molecule has 7 fully saturated rings. The van der Waals surface area contributed by atoms with Gasteiger partial charge >= 0.3 is 11.9 Å². The molecule has 2 N–H and O–H groups in total. The lowest BCUT2D eigenvalue weighted by Crippen LogP contribution is -2.67. The van der Waals surface area contributed by atoms with Crippen molar-refractivity contribution in [2.75, 3.05) is 0 Å². The zero-order valence-corrected chi connectivity index (χ0v) is 34.4. The predicted molar refractivity (Wildman–Crippen MR) is 206 cm³/mol. The van der Waals surface area contributed by atoms with Crippen molar-refractivity contribution in [1.82, 2.24) is 5.32 Å². The van der Waals surface area contributed by atoms with Crippen molar-refractivity contribution in [3.05, 3.63) is 12.2 Å². The molecule has 292 valence electrons. The Morgan fingerprint density at radius 1 is 0.827 bits per heavy atom. The van der Waals surface area contributed by atoms with Crippen LogP contribution < -0.4 is 5.32 Å². The van der Waals surface area contributed by atoms with Crippen LogP contribution in [0.15, 0.2) is 12.2 Å². The molecule has 0 aromatic carbocycles. The number of hydrogen-bond donors (Lipinski definition) is 2. The normalized spacial score (nSPS) is 47.6. The van der Waals surface area contributed by atoms with E-state index in [2.05, 4.69) is 60.4 Å². The minimum atomic E-state index is -1.14. The fourth-order valence-electron chi connectivity index (χ4n) is 16.0. The molecule has 2 unspecified atom stereocenters. The quantitative estimate of drug-likeness (QED) is 0.192. The van der Waals surface area contributed by atoms with Gasteiger partial charge in [0.25, 0.3) is 0 Å². The average molecular weight is 720 g/mol. The fraction of sp³-hybridized carbons (Fsp3) is 0.891. The molecule has 7 rings (SSSR count). The highest BCUT2D eigenvalue weighted by atomic mass is 16.5. The van der Waals surface area contributed by atoms with Gasteiger partial charge in [0.05, 0.1) is 11.8 Å². The molecule has 2 bridgehead atoms. The number of carboxylic acid groups (broad SMARTS) is 1. The first-order valence-corrected chi connectivity index (χ1v) is 21.6. The maximum Gasteiger partial charge on any atom is 0.309 e. The van der Waals surface area contributed by atoms with E-state index in [1.165, 1.54) is 69.8 Å². The van der Waals surface area contributed by atoms with E-state index in [1.54, 1.807) is 13.8 Å². The van der Waals surface area contributed by atoms with Crippen molar-refractivity contribution < 1.29 is 24.2 Å². The summed E-state index contributed by atoms with van der Waals surface area (Å²) in [6.07, 6.45) is 16.9. The van der Waals surface area contributed by atoms with Crippen LogP contribution in [0.4, 0.5) is 0 Å². The monoisotopic (exact) mass is 720 g/mol. The van der Waals surface area contributed by atoms with Crippen LogP contribution >= 0.6 is 0 Å².